The van der Waals surface area contributed by atoms with E-state index in [2.05, 4.69) is 0 Å². The first-order valence-corrected chi connectivity index (χ1v) is 8.51. The lowest BCUT2D eigenvalue weighted by Crippen LogP contribution is -2.12. The summed E-state index contributed by atoms with van der Waals surface area (Å²) in [6.07, 6.45) is 0.987. The third-order valence-corrected chi connectivity index (χ3v) is 4.42. The number of halogens is 2. The van der Waals surface area contributed by atoms with Crippen molar-refractivity contribution >= 4 is 50.9 Å². The Morgan fingerprint density at radius 2 is 1.79 bits per heavy atom. The van der Waals surface area contributed by atoms with Gasteiger partial charge in [0.1, 0.15) is 0 Å². The molecular weight excluding hydrogens is 347 g/mol. The molecule has 0 spiro atoms. The van der Waals surface area contributed by atoms with E-state index in [1.165, 1.54) is 0 Å². The van der Waals surface area contributed by atoms with Crippen molar-refractivity contribution in [3.05, 3.63) is 52.5 Å². The van der Waals surface area contributed by atoms with E-state index in [1.54, 1.807) is 12.1 Å². The molecule has 0 aromatic heterocycles. The highest BCUT2D eigenvalue weighted by molar-refractivity contribution is 6.41. The molecule has 0 saturated heterocycles. The fraction of sp³-hybridized carbons (Fsp3) is 0.211. The Morgan fingerprint density at radius 1 is 1.04 bits per heavy atom. The van der Waals surface area contributed by atoms with Gasteiger partial charge in [-0.15, -0.1) is 0 Å². The first-order chi connectivity index (χ1) is 11.6. The van der Waals surface area contributed by atoms with Crippen molar-refractivity contribution in [2.24, 2.45) is 0 Å². The van der Waals surface area contributed by atoms with Gasteiger partial charge in [-0.1, -0.05) is 60.8 Å². The van der Waals surface area contributed by atoms with Crippen LogP contribution in [0.2, 0.25) is 10.0 Å². The van der Waals surface area contributed by atoms with Crippen molar-refractivity contribution in [2.75, 3.05) is 6.61 Å². The van der Waals surface area contributed by atoms with E-state index in [4.69, 9.17) is 32.7 Å². The van der Waals surface area contributed by atoms with Gasteiger partial charge in [0.05, 0.1) is 11.6 Å². The van der Waals surface area contributed by atoms with Crippen LogP contribution in [0, 0.1) is 0 Å². The van der Waals surface area contributed by atoms with Crippen LogP contribution in [0.4, 0.5) is 4.79 Å². The van der Waals surface area contributed by atoms with Crippen LogP contribution in [-0.4, -0.2) is 12.8 Å². The fourth-order valence-corrected chi connectivity index (χ4v) is 3.04. The molecule has 3 rings (SSSR count). The second kappa shape index (κ2) is 7.29. The van der Waals surface area contributed by atoms with Gasteiger partial charge < -0.3 is 9.47 Å². The SMILES string of the molecule is CCCCOC(=O)Oc1c2ccccc2cc2c(Cl)ccc(Cl)c12. The van der Waals surface area contributed by atoms with Crippen LogP contribution in [0.5, 0.6) is 5.75 Å². The van der Waals surface area contributed by atoms with E-state index in [9.17, 15) is 4.79 Å². The molecular formula is C19H16Cl2O3. The Kier molecular flexibility index (Phi) is 5.12. The average molecular weight is 363 g/mol. The number of ether oxygens (including phenoxy) is 2. The molecule has 0 radical (unpaired) electrons. The van der Waals surface area contributed by atoms with Crippen molar-refractivity contribution in [1.29, 1.82) is 0 Å². The van der Waals surface area contributed by atoms with E-state index in [0.29, 0.717) is 27.8 Å². The Morgan fingerprint density at radius 3 is 2.58 bits per heavy atom. The van der Waals surface area contributed by atoms with E-state index in [-0.39, 0.29) is 0 Å². The van der Waals surface area contributed by atoms with Gasteiger partial charge in [-0.2, -0.15) is 0 Å². The molecule has 0 aliphatic rings. The minimum Gasteiger partial charge on any atom is -0.434 e. The van der Waals surface area contributed by atoms with Crippen LogP contribution in [0.15, 0.2) is 42.5 Å². The zero-order chi connectivity index (χ0) is 17.1. The number of fused-ring (bicyclic) bond motifs is 2. The minimum atomic E-state index is -0.739. The number of hydrogen-bond donors (Lipinski definition) is 0. The van der Waals surface area contributed by atoms with Gasteiger partial charge >= 0.3 is 6.16 Å². The number of unbranched alkanes of at least 4 members (excludes halogenated alkanes) is 1. The Hall–Kier alpha value is -1.97. The van der Waals surface area contributed by atoms with Gasteiger partial charge in [0.2, 0.25) is 0 Å². The van der Waals surface area contributed by atoms with E-state index in [1.807, 2.05) is 37.3 Å². The number of benzene rings is 3. The Balaban J connectivity index is 2.15. The summed E-state index contributed by atoms with van der Waals surface area (Å²) in [4.78, 5) is 12.1. The summed E-state index contributed by atoms with van der Waals surface area (Å²) in [7, 11) is 0. The molecule has 0 unspecified atom stereocenters. The lowest BCUT2D eigenvalue weighted by Gasteiger charge is -2.13. The molecule has 3 nitrogen and oxygen atoms in total. The summed E-state index contributed by atoms with van der Waals surface area (Å²) >= 11 is 12.7. The molecule has 0 aliphatic heterocycles. The zero-order valence-corrected chi connectivity index (χ0v) is 14.7. The molecule has 0 bridgehead atoms. The summed E-state index contributed by atoms with van der Waals surface area (Å²) in [5.41, 5.74) is 0. The zero-order valence-electron chi connectivity index (χ0n) is 13.1. The highest BCUT2D eigenvalue weighted by Gasteiger charge is 2.17. The topological polar surface area (TPSA) is 35.5 Å². The maximum absolute atomic E-state index is 12.1. The van der Waals surface area contributed by atoms with Gasteiger partial charge in [-0.3, -0.25) is 0 Å². The standard InChI is InChI=1S/C19H16Cl2O3/c1-2-3-10-23-19(22)24-18-13-7-5-4-6-12(13)11-14-15(20)8-9-16(21)17(14)18/h4-9,11H,2-3,10H2,1H3. The fourth-order valence-electron chi connectivity index (χ4n) is 2.58. The summed E-state index contributed by atoms with van der Waals surface area (Å²) < 4.78 is 10.6. The third-order valence-electron chi connectivity index (χ3n) is 3.78. The van der Waals surface area contributed by atoms with Crippen LogP contribution in [0.3, 0.4) is 0 Å². The van der Waals surface area contributed by atoms with Crippen LogP contribution < -0.4 is 4.74 Å². The van der Waals surface area contributed by atoms with E-state index in [0.717, 1.165) is 29.0 Å². The highest BCUT2D eigenvalue weighted by Crippen LogP contribution is 2.41. The molecule has 0 fully saturated rings. The minimum absolute atomic E-state index is 0.326. The molecule has 3 aromatic rings. The summed E-state index contributed by atoms with van der Waals surface area (Å²) in [5.74, 6) is 0.372. The molecule has 0 atom stereocenters. The third kappa shape index (κ3) is 3.28. The molecule has 0 heterocycles. The van der Waals surface area contributed by atoms with Gasteiger partial charge in [-0.05, 0) is 30.0 Å². The lowest BCUT2D eigenvalue weighted by atomic mass is 10.0. The number of carbonyl (C=O) groups is 1. The van der Waals surface area contributed by atoms with Crippen molar-refractivity contribution < 1.29 is 14.3 Å². The predicted molar refractivity (Wildman–Crippen MR) is 98.4 cm³/mol. The van der Waals surface area contributed by atoms with Gasteiger partial charge in [-0.25, -0.2) is 4.79 Å². The predicted octanol–water partition coefficient (Wildman–Crippen LogP) is 6.62. The van der Waals surface area contributed by atoms with Crippen LogP contribution in [0.25, 0.3) is 21.5 Å². The normalized spacial score (nSPS) is 11.0. The van der Waals surface area contributed by atoms with Crippen molar-refractivity contribution in [2.45, 2.75) is 19.8 Å². The van der Waals surface area contributed by atoms with Crippen molar-refractivity contribution in [3.8, 4) is 5.75 Å². The summed E-state index contributed by atoms with van der Waals surface area (Å²) in [6, 6.07) is 13.0. The number of hydrogen-bond acceptors (Lipinski definition) is 3. The quantitative estimate of drug-likeness (QED) is 0.226. The average Bonchev–Trinajstić information content (AvgIpc) is 2.58. The van der Waals surface area contributed by atoms with Crippen molar-refractivity contribution in [3.63, 3.8) is 0 Å². The molecule has 3 aromatic carbocycles. The number of carbonyl (C=O) groups excluding carboxylic acids is 1. The monoisotopic (exact) mass is 362 g/mol. The van der Waals surface area contributed by atoms with E-state index >= 15 is 0 Å². The molecule has 0 N–H and O–H groups in total. The molecule has 24 heavy (non-hydrogen) atoms. The largest absolute Gasteiger partial charge is 0.513 e. The van der Waals surface area contributed by atoms with Gasteiger partial charge in [0.25, 0.3) is 0 Å². The van der Waals surface area contributed by atoms with Crippen molar-refractivity contribution in [1.82, 2.24) is 0 Å². The van der Waals surface area contributed by atoms with E-state index < -0.39 is 6.16 Å². The lowest BCUT2D eigenvalue weighted by molar-refractivity contribution is 0.0988. The smallest absolute Gasteiger partial charge is 0.434 e. The molecule has 5 heteroatoms. The maximum Gasteiger partial charge on any atom is 0.513 e. The molecule has 0 aliphatic carbocycles. The van der Waals surface area contributed by atoms with Gasteiger partial charge in [0, 0.05) is 21.2 Å². The first-order valence-electron chi connectivity index (χ1n) is 7.76. The maximum atomic E-state index is 12.1. The summed E-state index contributed by atoms with van der Waals surface area (Å²) in [5, 5.41) is 4.04. The van der Waals surface area contributed by atoms with Crippen LogP contribution in [-0.2, 0) is 4.74 Å². The second-order valence-electron chi connectivity index (χ2n) is 5.43. The second-order valence-corrected chi connectivity index (χ2v) is 6.25. The highest BCUT2D eigenvalue weighted by atomic mass is 35.5. The van der Waals surface area contributed by atoms with Gasteiger partial charge in [0.15, 0.2) is 5.75 Å². The molecule has 0 saturated carbocycles. The Bertz CT molecular complexity index is 906. The first kappa shape index (κ1) is 16.9. The number of rotatable bonds is 4. The Labute approximate surface area is 150 Å². The van der Waals surface area contributed by atoms with Crippen LogP contribution >= 0.6 is 23.2 Å². The van der Waals surface area contributed by atoms with Crippen LogP contribution in [0.1, 0.15) is 19.8 Å². The molecule has 124 valence electrons. The summed E-state index contributed by atoms with van der Waals surface area (Å²) in [6.45, 7) is 2.35. The molecule has 0 amide bonds.